The number of nitrogens with two attached hydrogens (primary N) is 1. The Morgan fingerprint density at radius 1 is 1.33 bits per heavy atom. The maximum Gasteiger partial charge on any atom is 0.0359 e. The molecular weight excluding hydrogens is 220 g/mol. The fraction of sp³-hybridized carbons (Fsp3) is 0.625. The molecule has 2 rings (SSSR count). The largest absolute Gasteiger partial charge is 0.398 e. The van der Waals surface area contributed by atoms with E-state index in [2.05, 4.69) is 44.7 Å². The quantitative estimate of drug-likeness (QED) is 0.810. The second kappa shape index (κ2) is 4.93. The number of hydrogen-bond donors (Lipinski definition) is 1. The van der Waals surface area contributed by atoms with Gasteiger partial charge in [0.15, 0.2) is 0 Å². The normalized spacial score (nSPS) is 21.4. The molecule has 1 fully saturated rings. The standard InChI is InChI=1S/C16H26N2/c1-12-5-6-15(17)13(9-12)10-18-8-7-14(11-18)16(2,3)4/h5-6,9,14H,7-8,10-11,17H2,1-4H3. The maximum atomic E-state index is 6.06. The van der Waals surface area contributed by atoms with Crippen LogP contribution in [0.2, 0.25) is 0 Å². The molecule has 1 unspecified atom stereocenters. The lowest BCUT2D eigenvalue weighted by molar-refractivity contribution is 0.226. The van der Waals surface area contributed by atoms with Crippen molar-refractivity contribution in [2.75, 3.05) is 18.8 Å². The zero-order chi connectivity index (χ0) is 13.3. The van der Waals surface area contributed by atoms with E-state index in [-0.39, 0.29) is 0 Å². The van der Waals surface area contributed by atoms with Gasteiger partial charge in [-0.1, -0.05) is 38.5 Å². The molecule has 1 aliphatic rings. The van der Waals surface area contributed by atoms with Gasteiger partial charge in [0.2, 0.25) is 0 Å². The average molecular weight is 246 g/mol. The third-order valence-electron chi connectivity index (χ3n) is 4.19. The molecule has 0 saturated carbocycles. The second-order valence-corrected chi connectivity index (χ2v) is 6.79. The molecule has 0 amide bonds. The molecule has 2 nitrogen and oxygen atoms in total. The summed E-state index contributed by atoms with van der Waals surface area (Å²) in [6, 6.07) is 6.34. The zero-order valence-electron chi connectivity index (χ0n) is 12.2. The summed E-state index contributed by atoms with van der Waals surface area (Å²) in [6.45, 7) is 12.6. The molecule has 1 heterocycles. The number of benzene rings is 1. The zero-order valence-corrected chi connectivity index (χ0v) is 12.2. The van der Waals surface area contributed by atoms with Crippen molar-refractivity contribution in [2.24, 2.45) is 11.3 Å². The second-order valence-electron chi connectivity index (χ2n) is 6.79. The van der Waals surface area contributed by atoms with Gasteiger partial charge in [-0.3, -0.25) is 4.90 Å². The van der Waals surface area contributed by atoms with Gasteiger partial charge in [-0.2, -0.15) is 0 Å². The minimum atomic E-state index is 0.424. The van der Waals surface area contributed by atoms with Crippen molar-refractivity contribution < 1.29 is 0 Å². The highest BCUT2D eigenvalue weighted by Crippen LogP contribution is 2.34. The van der Waals surface area contributed by atoms with E-state index in [1.807, 2.05) is 6.07 Å². The first-order chi connectivity index (χ1) is 8.36. The highest BCUT2D eigenvalue weighted by molar-refractivity contribution is 5.48. The Balaban J connectivity index is 2.01. The van der Waals surface area contributed by atoms with Crippen molar-refractivity contribution in [3.8, 4) is 0 Å². The number of nitrogen functional groups attached to an aromatic ring is 1. The molecule has 100 valence electrons. The average Bonchev–Trinajstić information content (AvgIpc) is 2.71. The van der Waals surface area contributed by atoms with Crippen LogP contribution >= 0.6 is 0 Å². The van der Waals surface area contributed by atoms with E-state index in [1.54, 1.807) is 0 Å². The Morgan fingerprint density at radius 2 is 2.06 bits per heavy atom. The van der Waals surface area contributed by atoms with Gasteiger partial charge < -0.3 is 5.73 Å². The molecule has 2 heteroatoms. The van der Waals surface area contributed by atoms with Crippen molar-refractivity contribution in [3.63, 3.8) is 0 Å². The Bertz CT molecular complexity index is 418. The van der Waals surface area contributed by atoms with Gasteiger partial charge in [0.1, 0.15) is 0 Å². The van der Waals surface area contributed by atoms with E-state index in [0.29, 0.717) is 5.41 Å². The molecule has 0 spiro atoms. The fourth-order valence-corrected chi connectivity index (χ4v) is 2.80. The van der Waals surface area contributed by atoms with E-state index in [1.165, 1.54) is 30.6 Å². The molecule has 2 N–H and O–H groups in total. The Labute approximate surface area is 111 Å². The maximum absolute atomic E-state index is 6.06. The van der Waals surface area contributed by atoms with Crippen molar-refractivity contribution in [1.82, 2.24) is 4.90 Å². The van der Waals surface area contributed by atoms with Gasteiger partial charge in [-0.15, -0.1) is 0 Å². The predicted octanol–water partition coefficient (Wildman–Crippen LogP) is 3.45. The summed E-state index contributed by atoms with van der Waals surface area (Å²) in [5.41, 5.74) is 9.99. The molecule has 1 saturated heterocycles. The Morgan fingerprint density at radius 3 is 2.67 bits per heavy atom. The predicted molar refractivity (Wildman–Crippen MR) is 78.4 cm³/mol. The lowest BCUT2D eigenvalue weighted by Crippen LogP contribution is -2.26. The SMILES string of the molecule is Cc1ccc(N)c(CN2CCC(C(C)(C)C)C2)c1. The number of anilines is 1. The Hall–Kier alpha value is -1.02. The van der Waals surface area contributed by atoms with E-state index in [9.17, 15) is 0 Å². The van der Waals surface area contributed by atoms with Crippen LogP contribution in [0.1, 0.15) is 38.3 Å². The molecule has 0 bridgehead atoms. The summed E-state index contributed by atoms with van der Waals surface area (Å²) in [5, 5.41) is 0. The number of aryl methyl sites for hydroxylation is 1. The topological polar surface area (TPSA) is 29.3 Å². The van der Waals surface area contributed by atoms with Crippen LogP contribution < -0.4 is 5.73 Å². The van der Waals surface area contributed by atoms with Crippen LogP contribution in [0.5, 0.6) is 0 Å². The van der Waals surface area contributed by atoms with Crippen LogP contribution in [-0.2, 0) is 6.54 Å². The van der Waals surface area contributed by atoms with Crippen molar-refractivity contribution in [2.45, 2.75) is 40.7 Å². The fourth-order valence-electron chi connectivity index (χ4n) is 2.80. The summed E-state index contributed by atoms with van der Waals surface area (Å²) in [6.07, 6.45) is 1.31. The van der Waals surface area contributed by atoms with Crippen LogP contribution in [0.15, 0.2) is 18.2 Å². The summed E-state index contributed by atoms with van der Waals surface area (Å²) >= 11 is 0. The summed E-state index contributed by atoms with van der Waals surface area (Å²) in [5.74, 6) is 0.809. The van der Waals surface area contributed by atoms with Crippen molar-refractivity contribution in [3.05, 3.63) is 29.3 Å². The molecular formula is C16H26N2. The first-order valence-electron chi connectivity index (χ1n) is 6.93. The first kappa shape index (κ1) is 13.4. The smallest absolute Gasteiger partial charge is 0.0359 e. The minimum Gasteiger partial charge on any atom is -0.398 e. The van der Waals surface area contributed by atoms with Crippen LogP contribution in [0.25, 0.3) is 0 Å². The summed E-state index contributed by atoms with van der Waals surface area (Å²) in [7, 11) is 0. The van der Waals surface area contributed by atoms with Crippen LogP contribution in [0, 0.1) is 18.3 Å². The van der Waals surface area contributed by atoms with Gasteiger partial charge >= 0.3 is 0 Å². The minimum absolute atomic E-state index is 0.424. The van der Waals surface area contributed by atoms with E-state index < -0.39 is 0 Å². The Kier molecular flexibility index (Phi) is 3.67. The highest BCUT2D eigenvalue weighted by atomic mass is 15.1. The molecule has 0 radical (unpaired) electrons. The molecule has 1 aliphatic heterocycles. The number of hydrogen-bond acceptors (Lipinski definition) is 2. The van der Waals surface area contributed by atoms with Gasteiger partial charge in [0.25, 0.3) is 0 Å². The van der Waals surface area contributed by atoms with Gasteiger partial charge in [0, 0.05) is 18.8 Å². The van der Waals surface area contributed by atoms with Crippen LogP contribution in [-0.4, -0.2) is 18.0 Å². The number of rotatable bonds is 2. The lowest BCUT2D eigenvalue weighted by atomic mass is 9.80. The monoisotopic (exact) mass is 246 g/mol. The third-order valence-corrected chi connectivity index (χ3v) is 4.19. The molecule has 1 aromatic rings. The lowest BCUT2D eigenvalue weighted by Gasteiger charge is -2.27. The molecule has 1 atom stereocenters. The van der Waals surface area contributed by atoms with Crippen molar-refractivity contribution in [1.29, 1.82) is 0 Å². The molecule has 0 aromatic heterocycles. The molecule has 18 heavy (non-hydrogen) atoms. The van der Waals surface area contributed by atoms with Crippen LogP contribution in [0.3, 0.4) is 0 Å². The number of nitrogens with zero attached hydrogens (tertiary/aromatic N) is 1. The molecule has 1 aromatic carbocycles. The molecule has 0 aliphatic carbocycles. The van der Waals surface area contributed by atoms with E-state index in [0.717, 1.165) is 18.2 Å². The van der Waals surface area contributed by atoms with Crippen LogP contribution in [0.4, 0.5) is 5.69 Å². The number of likely N-dealkylation sites (tertiary alicyclic amines) is 1. The first-order valence-corrected chi connectivity index (χ1v) is 6.93. The van der Waals surface area contributed by atoms with E-state index in [4.69, 9.17) is 5.73 Å². The summed E-state index contributed by atoms with van der Waals surface area (Å²) < 4.78 is 0. The summed E-state index contributed by atoms with van der Waals surface area (Å²) in [4.78, 5) is 2.54. The highest BCUT2D eigenvalue weighted by Gasteiger charge is 2.31. The van der Waals surface area contributed by atoms with Gasteiger partial charge in [0.05, 0.1) is 0 Å². The van der Waals surface area contributed by atoms with E-state index >= 15 is 0 Å². The van der Waals surface area contributed by atoms with Crippen molar-refractivity contribution >= 4 is 5.69 Å². The van der Waals surface area contributed by atoms with Gasteiger partial charge in [-0.05, 0) is 42.9 Å². The third kappa shape index (κ3) is 3.05. The van der Waals surface area contributed by atoms with Gasteiger partial charge in [-0.25, -0.2) is 0 Å².